The van der Waals surface area contributed by atoms with Crippen LogP contribution in [-0.2, 0) is 13.0 Å². The SMILES string of the molecule is CN(C)c1ncc2c(n1)CN(CCc1cccs1)C2=O. The van der Waals surface area contributed by atoms with Gasteiger partial charge in [-0.25, -0.2) is 9.97 Å². The lowest BCUT2D eigenvalue weighted by Crippen LogP contribution is -2.26. The van der Waals surface area contributed by atoms with Gasteiger partial charge in [0.2, 0.25) is 5.95 Å². The molecule has 1 amide bonds. The highest BCUT2D eigenvalue weighted by Gasteiger charge is 2.29. The number of fused-ring (bicyclic) bond motifs is 1. The van der Waals surface area contributed by atoms with Gasteiger partial charge < -0.3 is 9.80 Å². The second-order valence-electron chi connectivity index (χ2n) is 4.98. The Kier molecular flexibility index (Phi) is 3.40. The Bertz CT molecular complexity index is 624. The fraction of sp³-hybridized carbons (Fsp3) is 0.357. The average molecular weight is 288 g/mol. The largest absolute Gasteiger partial charge is 0.347 e. The molecule has 3 heterocycles. The number of anilines is 1. The van der Waals surface area contributed by atoms with Crippen LogP contribution >= 0.6 is 11.3 Å². The second kappa shape index (κ2) is 5.20. The number of amides is 1. The molecule has 6 heteroatoms. The normalized spacial score (nSPS) is 13.7. The van der Waals surface area contributed by atoms with E-state index in [-0.39, 0.29) is 5.91 Å². The number of rotatable bonds is 4. The van der Waals surface area contributed by atoms with Crippen molar-refractivity contribution in [3.63, 3.8) is 0 Å². The van der Waals surface area contributed by atoms with Crippen LogP contribution in [0.15, 0.2) is 23.7 Å². The van der Waals surface area contributed by atoms with Crippen LogP contribution in [0, 0.1) is 0 Å². The van der Waals surface area contributed by atoms with Gasteiger partial charge in [0.1, 0.15) is 0 Å². The zero-order valence-electron chi connectivity index (χ0n) is 11.5. The first kappa shape index (κ1) is 13.1. The van der Waals surface area contributed by atoms with E-state index in [2.05, 4.69) is 21.4 Å². The van der Waals surface area contributed by atoms with Crippen LogP contribution < -0.4 is 4.90 Å². The van der Waals surface area contributed by atoms with Crippen LogP contribution in [0.1, 0.15) is 20.9 Å². The number of hydrogen-bond acceptors (Lipinski definition) is 5. The first-order valence-electron chi connectivity index (χ1n) is 6.50. The van der Waals surface area contributed by atoms with E-state index >= 15 is 0 Å². The van der Waals surface area contributed by atoms with Crippen LogP contribution in [-0.4, -0.2) is 41.4 Å². The zero-order chi connectivity index (χ0) is 14.1. The van der Waals surface area contributed by atoms with E-state index in [9.17, 15) is 4.79 Å². The van der Waals surface area contributed by atoms with Gasteiger partial charge >= 0.3 is 0 Å². The molecule has 0 unspecified atom stereocenters. The summed E-state index contributed by atoms with van der Waals surface area (Å²) in [5, 5.41) is 2.06. The molecule has 0 saturated carbocycles. The molecule has 104 valence electrons. The van der Waals surface area contributed by atoms with Crippen molar-refractivity contribution in [2.75, 3.05) is 25.5 Å². The molecule has 0 aliphatic carbocycles. The van der Waals surface area contributed by atoms with E-state index in [0.29, 0.717) is 18.1 Å². The molecule has 0 spiro atoms. The van der Waals surface area contributed by atoms with Gasteiger partial charge in [-0.15, -0.1) is 11.3 Å². The van der Waals surface area contributed by atoms with Crippen molar-refractivity contribution < 1.29 is 4.79 Å². The molecule has 0 radical (unpaired) electrons. The molecule has 0 aromatic carbocycles. The third-order valence-corrected chi connectivity index (χ3v) is 4.26. The summed E-state index contributed by atoms with van der Waals surface area (Å²) in [4.78, 5) is 25.9. The summed E-state index contributed by atoms with van der Waals surface area (Å²) in [6.07, 6.45) is 2.54. The van der Waals surface area contributed by atoms with Crippen molar-refractivity contribution in [3.05, 3.63) is 39.8 Å². The Morgan fingerprint density at radius 2 is 2.30 bits per heavy atom. The summed E-state index contributed by atoms with van der Waals surface area (Å²) in [5.74, 6) is 0.693. The molecule has 2 aromatic rings. The van der Waals surface area contributed by atoms with Crippen molar-refractivity contribution in [2.24, 2.45) is 0 Å². The topological polar surface area (TPSA) is 49.3 Å². The van der Waals surface area contributed by atoms with Crippen LogP contribution in [0.5, 0.6) is 0 Å². The lowest BCUT2D eigenvalue weighted by atomic mass is 10.3. The van der Waals surface area contributed by atoms with Gasteiger partial charge in [0.15, 0.2) is 0 Å². The third kappa shape index (κ3) is 2.38. The quantitative estimate of drug-likeness (QED) is 0.861. The molecule has 0 N–H and O–H groups in total. The number of carbonyl (C=O) groups is 1. The number of aromatic nitrogens is 2. The van der Waals surface area contributed by atoms with Gasteiger partial charge in [0.05, 0.1) is 17.8 Å². The van der Waals surface area contributed by atoms with Crippen LogP contribution in [0.2, 0.25) is 0 Å². The maximum Gasteiger partial charge on any atom is 0.257 e. The lowest BCUT2D eigenvalue weighted by molar-refractivity contribution is 0.0780. The zero-order valence-corrected chi connectivity index (χ0v) is 12.4. The average Bonchev–Trinajstić information content (AvgIpc) is 3.04. The van der Waals surface area contributed by atoms with Crippen molar-refractivity contribution in [3.8, 4) is 0 Å². The standard InChI is InChI=1S/C14H16N4OS/c1-17(2)14-15-8-11-12(16-14)9-18(13(11)19)6-5-10-4-3-7-20-10/h3-4,7-8H,5-6,9H2,1-2H3. The molecule has 5 nitrogen and oxygen atoms in total. The summed E-state index contributed by atoms with van der Waals surface area (Å²) >= 11 is 1.73. The van der Waals surface area contributed by atoms with Crippen LogP contribution in [0.3, 0.4) is 0 Å². The highest BCUT2D eigenvalue weighted by Crippen LogP contribution is 2.22. The summed E-state index contributed by atoms with van der Waals surface area (Å²) in [6.45, 7) is 1.32. The van der Waals surface area contributed by atoms with Gasteiger partial charge in [-0.2, -0.15) is 0 Å². The molecule has 1 aliphatic heterocycles. The first-order valence-corrected chi connectivity index (χ1v) is 7.38. The van der Waals surface area contributed by atoms with Crippen LogP contribution in [0.25, 0.3) is 0 Å². The maximum atomic E-state index is 12.3. The molecule has 1 aliphatic rings. The first-order chi connectivity index (χ1) is 9.65. The molecule has 0 atom stereocenters. The Hall–Kier alpha value is -1.95. The third-order valence-electron chi connectivity index (χ3n) is 3.32. The van der Waals surface area contributed by atoms with E-state index in [0.717, 1.165) is 18.7 Å². The smallest absolute Gasteiger partial charge is 0.257 e. The molecule has 20 heavy (non-hydrogen) atoms. The minimum Gasteiger partial charge on any atom is -0.347 e. The fourth-order valence-electron chi connectivity index (χ4n) is 2.22. The van der Waals surface area contributed by atoms with Gasteiger partial charge in [-0.05, 0) is 17.9 Å². The molecule has 2 aromatic heterocycles. The van der Waals surface area contributed by atoms with Crippen molar-refractivity contribution in [2.45, 2.75) is 13.0 Å². The van der Waals surface area contributed by atoms with E-state index in [1.54, 1.807) is 17.5 Å². The highest BCUT2D eigenvalue weighted by atomic mass is 32.1. The van der Waals surface area contributed by atoms with Gasteiger partial charge in [0.25, 0.3) is 5.91 Å². The molecule has 0 bridgehead atoms. The monoisotopic (exact) mass is 288 g/mol. The Labute approximate surface area is 121 Å². The number of carbonyl (C=O) groups excluding carboxylic acids is 1. The predicted molar refractivity (Wildman–Crippen MR) is 79.1 cm³/mol. The number of hydrogen-bond donors (Lipinski definition) is 0. The molecule has 0 saturated heterocycles. The van der Waals surface area contributed by atoms with E-state index in [1.807, 2.05) is 30.0 Å². The van der Waals surface area contributed by atoms with E-state index in [1.165, 1.54) is 4.88 Å². The maximum absolute atomic E-state index is 12.3. The summed E-state index contributed by atoms with van der Waals surface area (Å²) in [7, 11) is 3.79. The van der Waals surface area contributed by atoms with Crippen molar-refractivity contribution in [1.29, 1.82) is 0 Å². The minimum absolute atomic E-state index is 0.0434. The molecular weight excluding hydrogens is 272 g/mol. The minimum atomic E-state index is 0.0434. The predicted octanol–water partition coefficient (Wildman–Crippen LogP) is 1.80. The van der Waals surface area contributed by atoms with Gasteiger partial charge in [-0.3, -0.25) is 4.79 Å². The Morgan fingerprint density at radius 1 is 1.45 bits per heavy atom. The summed E-state index contributed by atoms with van der Waals surface area (Å²) in [6, 6.07) is 4.14. The summed E-state index contributed by atoms with van der Waals surface area (Å²) in [5.41, 5.74) is 1.47. The lowest BCUT2D eigenvalue weighted by Gasteiger charge is -2.14. The Morgan fingerprint density at radius 3 is 3.00 bits per heavy atom. The molecule has 3 rings (SSSR count). The highest BCUT2D eigenvalue weighted by molar-refractivity contribution is 7.09. The number of thiophene rings is 1. The Balaban J connectivity index is 1.73. The summed E-state index contributed by atoms with van der Waals surface area (Å²) < 4.78 is 0. The van der Waals surface area contributed by atoms with Crippen molar-refractivity contribution >= 4 is 23.2 Å². The van der Waals surface area contributed by atoms with Crippen LogP contribution in [0.4, 0.5) is 5.95 Å². The number of nitrogens with zero attached hydrogens (tertiary/aromatic N) is 4. The van der Waals surface area contributed by atoms with Gasteiger partial charge in [0, 0.05) is 31.7 Å². The van der Waals surface area contributed by atoms with Gasteiger partial charge in [-0.1, -0.05) is 6.07 Å². The van der Waals surface area contributed by atoms with Crippen molar-refractivity contribution in [1.82, 2.24) is 14.9 Å². The van der Waals surface area contributed by atoms with E-state index < -0.39 is 0 Å². The fourth-order valence-corrected chi connectivity index (χ4v) is 2.92. The molecule has 0 fully saturated rings. The second-order valence-corrected chi connectivity index (χ2v) is 6.01. The van der Waals surface area contributed by atoms with E-state index in [4.69, 9.17) is 0 Å². The molecular formula is C14H16N4OS.